The smallest absolute Gasteiger partial charge is 0.142 e. The maximum Gasteiger partial charge on any atom is 0.142 e. The molecule has 0 aromatic heterocycles. The van der Waals surface area contributed by atoms with Crippen molar-refractivity contribution in [2.24, 2.45) is 0 Å². The molecule has 2 aromatic carbocycles. The quantitative estimate of drug-likeness (QED) is 0.531. The lowest BCUT2D eigenvalue weighted by Crippen LogP contribution is -1.80. The molecular weight excluding hydrogens is 208 g/mol. The first-order chi connectivity index (χ1) is 8.42. The lowest BCUT2D eigenvalue weighted by atomic mass is 10.0. The zero-order chi connectivity index (χ0) is 11.5. The van der Waals surface area contributed by atoms with E-state index in [1.165, 1.54) is 11.1 Å². The molecule has 0 N–H and O–H groups in total. The Morgan fingerprint density at radius 1 is 0.882 bits per heavy atom. The first-order valence-electron chi connectivity index (χ1n) is 5.70. The molecule has 1 aliphatic heterocycles. The number of rotatable bonds is 1. The molecule has 82 valence electrons. The molecule has 1 atom stereocenters. The van der Waals surface area contributed by atoms with E-state index < -0.39 is 0 Å². The van der Waals surface area contributed by atoms with E-state index in [0.717, 1.165) is 12.2 Å². The summed E-state index contributed by atoms with van der Waals surface area (Å²) in [5, 5.41) is 0. The highest BCUT2D eigenvalue weighted by Crippen LogP contribution is 2.19. The van der Waals surface area contributed by atoms with E-state index in [1.807, 2.05) is 18.2 Å². The third-order valence-electron chi connectivity index (χ3n) is 2.70. The summed E-state index contributed by atoms with van der Waals surface area (Å²) in [5.41, 5.74) is 3.50. The summed E-state index contributed by atoms with van der Waals surface area (Å²) in [7, 11) is 0. The molecule has 1 nitrogen and oxygen atoms in total. The van der Waals surface area contributed by atoms with Crippen LogP contribution in [-0.4, -0.2) is 12.7 Å². The Bertz CT molecular complexity index is 554. The van der Waals surface area contributed by atoms with E-state index in [-0.39, 0.29) is 6.10 Å². The maximum absolute atomic E-state index is 5.05. The summed E-state index contributed by atoms with van der Waals surface area (Å²) in [6.45, 7) is 0.787. The van der Waals surface area contributed by atoms with Gasteiger partial charge in [0.05, 0.1) is 6.61 Å². The Hall–Kier alpha value is -2.04. The second-order valence-corrected chi connectivity index (χ2v) is 4.03. The van der Waals surface area contributed by atoms with Crippen LogP contribution in [0.25, 0.3) is 11.1 Å². The van der Waals surface area contributed by atoms with Crippen molar-refractivity contribution in [3.63, 3.8) is 0 Å². The third kappa shape index (κ3) is 2.55. The zero-order valence-corrected chi connectivity index (χ0v) is 9.39. The molecule has 1 unspecified atom stereocenters. The zero-order valence-electron chi connectivity index (χ0n) is 9.39. The summed E-state index contributed by atoms with van der Waals surface area (Å²) >= 11 is 0. The van der Waals surface area contributed by atoms with Gasteiger partial charge in [0.15, 0.2) is 0 Å². The van der Waals surface area contributed by atoms with Crippen molar-refractivity contribution in [3.05, 3.63) is 60.2 Å². The molecule has 3 rings (SSSR count). The lowest BCUT2D eigenvalue weighted by Gasteiger charge is -2.00. The third-order valence-corrected chi connectivity index (χ3v) is 2.70. The van der Waals surface area contributed by atoms with E-state index in [2.05, 4.69) is 48.2 Å². The summed E-state index contributed by atoms with van der Waals surface area (Å²) < 4.78 is 5.05. The second-order valence-electron chi connectivity index (χ2n) is 4.03. The van der Waals surface area contributed by atoms with E-state index >= 15 is 0 Å². The van der Waals surface area contributed by atoms with Crippen LogP contribution >= 0.6 is 0 Å². The van der Waals surface area contributed by atoms with E-state index in [9.17, 15) is 0 Å². The topological polar surface area (TPSA) is 12.5 Å². The molecule has 1 aliphatic rings. The predicted octanol–water partition coefficient (Wildman–Crippen LogP) is 3.10. The fourth-order valence-electron chi connectivity index (χ4n) is 1.67. The van der Waals surface area contributed by atoms with Gasteiger partial charge >= 0.3 is 0 Å². The molecular formula is C16H12O. The maximum atomic E-state index is 5.05. The molecule has 0 aliphatic carbocycles. The number of epoxide rings is 1. The van der Waals surface area contributed by atoms with E-state index in [1.54, 1.807) is 0 Å². The highest BCUT2D eigenvalue weighted by molar-refractivity contribution is 5.64. The summed E-state index contributed by atoms with van der Waals surface area (Å²) in [6.07, 6.45) is 0.170. The Balaban J connectivity index is 1.83. The first kappa shape index (κ1) is 10.1. The average Bonchev–Trinajstić information content (AvgIpc) is 3.22. The van der Waals surface area contributed by atoms with Crippen LogP contribution in [0.15, 0.2) is 54.6 Å². The van der Waals surface area contributed by atoms with Gasteiger partial charge in [-0.3, -0.25) is 0 Å². The standard InChI is InChI=1S/C16H12O/c1-2-4-14(5-3-1)15-9-6-13(7-10-15)8-11-16-12-17-16/h1-7,9-10,16H,12H2. The molecule has 0 bridgehead atoms. The molecule has 0 radical (unpaired) electrons. The lowest BCUT2D eigenvalue weighted by molar-refractivity contribution is 0.445. The average molecular weight is 220 g/mol. The van der Waals surface area contributed by atoms with Gasteiger partial charge in [-0.25, -0.2) is 0 Å². The number of hydrogen-bond donors (Lipinski definition) is 0. The molecule has 1 saturated heterocycles. The SMILES string of the molecule is C(#CC1CO1)c1ccc(-c2ccccc2)cc1. The normalized spacial score (nSPS) is 17.1. The van der Waals surface area contributed by atoms with Crippen LogP contribution < -0.4 is 0 Å². The van der Waals surface area contributed by atoms with Gasteiger partial charge in [-0.1, -0.05) is 54.3 Å². The number of benzene rings is 2. The van der Waals surface area contributed by atoms with E-state index in [4.69, 9.17) is 4.74 Å². The van der Waals surface area contributed by atoms with Gasteiger partial charge in [-0.05, 0) is 23.3 Å². The summed E-state index contributed by atoms with van der Waals surface area (Å²) in [5.74, 6) is 6.17. The minimum Gasteiger partial charge on any atom is -0.359 e. The largest absolute Gasteiger partial charge is 0.359 e. The van der Waals surface area contributed by atoms with Gasteiger partial charge in [0.1, 0.15) is 6.10 Å². The Morgan fingerprint density at radius 2 is 1.53 bits per heavy atom. The van der Waals surface area contributed by atoms with Crippen LogP contribution in [0.2, 0.25) is 0 Å². The van der Waals surface area contributed by atoms with Gasteiger partial charge in [0, 0.05) is 5.56 Å². The van der Waals surface area contributed by atoms with Crippen molar-refractivity contribution in [1.29, 1.82) is 0 Å². The van der Waals surface area contributed by atoms with Gasteiger partial charge in [-0.2, -0.15) is 0 Å². The molecule has 2 aromatic rings. The van der Waals surface area contributed by atoms with Crippen LogP contribution in [0, 0.1) is 11.8 Å². The fraction of sp³-hybridized carbons (Fsp3) is 0.125. The fourth-order valence-corrected chi connectivity index (χ4v) is 1.67. The number of hydrogen-bond acceptors (Lipinski definition) is 1. The molecule has 1 heterocycles. The Labute approximate surface area is 101 Å². The minimum atomic E-state index is 0.170. The molecule has 0 amide bonds. The highest BCUT2D eigenvalue weighted by Gasteiger charge is 2.18. The Morgan fingerprint density at radius 3 is 2.18 bits per heavy atom. The monoisotopic (exact) mass is 220 g/mol. The van der Waals surface area contributed by atoms with Crippen LogP contribution in [0.3, 0.4) is 0 Å². The van der Waals surface area contributed by atoms with Crippen molar-refractivity contribution in [2.45, 2.75) is 6.10 Å². The second kappa shape index (κ2) is 4.45. The Kier molecular flexibility index (Phi) is 2.65. The van der Waals surface area contributed by atoms with Crippen molar-refractivity contribution < 1.29 is 4.74 Å². The van der Waals surface area contributed by atoms with Crippen molar-refractivity contribution >= 4 is 0 Å². The first-order valence-corrected chi connectivity index (χ1v) is 5.70. The molecule has 17 heavy (non-hydrogen) atoms. The van der Waals surface area contributed by atoms with Crippen LogP contribution in [0.4, 0.5) is 0 Å². The van der Waals surface area contributed by atoms with Gasteiger partial charge in [0.2, 0.25) is 0 Å². The van der Waals surface area contributed by atoms with Gasteiger partial charge in [-0.15, -0.1) is 0 Å². The molecule has 0 saturated carbocycles. The summed E-state index contributed by atoms with van der Waals surface area (Å²) in [6, 6.07) is 18.7. The minimum absolute atomic E-state index is 0.170. The highest BCUT2D eigenvalue weighted by atomic mass is 16.6. The summed E-state index contributed by atoms with van der Waals surface area (Å²) in [4.78, 5) is 0. The molecule has 1 fully saturated rings. The molecule has 0 spiro atoms. The van der Waals surface area contributed by atoms with Crippen molar-refractivity contribution in [1.82, 2.24) is 0 Å². The predicted molar refractivity (Wildman–Crippen MR) is 68.5 cm³/mol. The van der Waals surface area contributed by atoms with Crippen molar-refractivity contribution in [3.8, 4) is 23.0 Å². The number of ether oxygens (including phenoxy) is 1. The van der Waals surface area contributed by atoms with Crippen LogP contribution in [-0.2, 0) is 4.74 Å². The van der Waals surface area contributed by atoms with Gasteiger partial charge < -0.3 is 4.74 Å². The van der Waals surface area contributed by atoms with Crippen LogP contribution in [0.1, 0.15) is 5.56 Å². The van der Waals surface area contributed by atoms with E-state index in [0.29, 0.717) is 0 Å². The molecule has 1 heteroatoms. The van der Waals surface area contributed by atoms with Crippen molar-refractivity contribution in [2.75, 3.05) is 6.61 Å². The van der Waals surface area contributed by atoms with Gasteiger partial charge in [0.25, 0.3) is 0 Å². The van der Waals surface area contributed by atoms with Crippen LogP contribution in [0.5, 0.6) is 0 Å².